The second-order valence-corrected chi connectivity index (χ2v) is 7.12. The van der Waals surface area contributed by atoms with E-state index in [0.29, 0.717) is 6.54 Å². The number of rotatable bonds is 7. The van der Waals surface area contributed by atoms with Gasteiger partial charge in [0.2, 0.25) is 0 Å². The van der Waals surface area contributed by atoms with Gasteiger partial charge in [0.15, 0.2) is 5.82 Å². The fourth-order valence-electron chi connectivity index (χ4n) is 3.70. The van der Waals surface area contributed by atoms with Gasteiger partial charge in [-0.15, -0.1) is 17.5 Å². The highest BCUT2D eigenvalue weighted by Crippen LogP contribution is 2.36. The van der Waals surface area contributed by atoms with Crippen molar-refractivity contribution in [3.8, 4) is 11.5 Å². The Kier molecular flexibility index (Phi) is 7.30. The van der Waals surface area contributed by atoms with E-state index in [4.69, 9.17) is 13.9 Å². The van der Waals surface area contributed by atoms with E-state index in [2.05, 4.69) is 32.4 Å². The molecule has 1 aliphatic rings. The summed E-state index contributed by atoms with van der Waals surface area (Å²) in [7, 11) is 5.48. The number of hydrogen-bond donors (Lipinski definition) is 0. The molecule has 30 heavy (non-hydrogen) atoms. The summed E-state index contributed by atoms with van der Waals surface area (Å²) < 4.78 is 18.5. The highest BCUT2D eigenvalue weighted by atomic mass is 35.5. The molecule has 9 nitrogen and oxygen atoms in total. The molecule has 0 N–H and O–H groups in total. The monoisotopic (exact) mass is 434 g/mol. The Bertz CT molecular complexity index is 925. The van der Waals surface area contributed by atoms with Crippen molar-refractivity contribution in [1.82, 2.24) is 30.0 Å². The van der Waals surface area contributed by atoms with Gasteiger partial charge in [0, 0.05) is 31.7 Å². The summed E-state index contributed by atoms with van der Waals surface area (Å²) >= 11 is 0. The molecule has 1 fully saturated rings. The normalized spacial score (nSPS) is 16.1. The van der Waals surface area contributed by atoms with Crippen molar-refractivity contribution in [2.75, 3.05) is 47.4 Å². The van der Waals surface area contributed by atoms with Gasteiger partial charge in [-0.3, -0.25) is 4.90 Å². The molecule has 0 saturated carbocycles. The molecule has 1 saturated heterocycles. The van der Waals surface area contributed by atoms with Crippen LogP contribution >= 0.6 is 12.4 Å². The Balaban J connectivity index is 0.00000256. The molecule has 0 radical (unpaired) electrons. The molecule has 0 spiro atoms. The molecular formula is C20H27ClN6O3. The number of halogens is 1. The van der Waals surface area contributed by atoms with Gasteiger partial charge in [0.05, 0.1) is 20.5 Å². The summed E-state index contributed by atoms with van der Waals surface area (Å²) in [6.45, 7) is 4.21. The molecule has 162 valence electrons. The van der Waals surface area contributed by atoms with E-state index in [0.717, 1.165) is 54.8 Å². The summed E-state index contributed by atoms with van der Waals surface area (Å²) in [6, 6.07) is 9.45. The number of hydrogen-bond acceptors (Lipinski definition) is 8. The van der Waals surface area contributed by atoms with Crippen molar-refractivity contribution in [3.63, 3.8) is 0 Å². The van der Waals surface area contributed by atoms with Gasteiger partial charge in [-0.25, -0.2) is 4.68 Å². The molecule has 1 aromatic carbocycles. The van der Waals surface area contributed by atoms with Crippen molar-refractivity contribution in [2.45, 2.75) is 12.6 Å². The van der Waals surface area contributed by atoms with Crippen LogP contribution in [-0.2, 0) is 6.54 Å². The van der Waals surface area contributed by atoms with Crippen LogP contribution in [0.3, 0.4) is 0 Å². The van der Waals surface area contributed by atoms with Crippen molar-refractivity contribution in [2.24, 2.45) is 0 Å². The van der Waals surface area contributed by atoms with Crippen LogP contribution in [-0.4, -0.2) is 77.5 Å². The number of tetrazole rings is 1. The Morgan fingerprint density at radius 2 is 1.90 bits per heavy atom. The summed E-state index contributed by atoms with van der Waals surface area (Å²) in [6.07, 6.45) is 1.66. The first-order valence-electron chi connectivity index (χ1n) is 9.62. The van der Waals surface area contributed by atoms with Crippen LogP contribution in [0.2, 0.25) is 0 Å². The van der Waals surface area contributed by atoms with E-state index < -0.39 is 0 Å². The zero-order valence-electron chi connectivity index (χ0n) is 17.4. The lowest BCUT2D eigenvalue weighted by atomic mass is 10.0. The lowest BCUT2D eigenvalue weighted by molar-refractivity contribution is 0.120. The Hall–Kier alpha value is -2.62. The highest BCUT2D eigenvalue weighted by Gasteiger charge is 2.32. The summed E-state index contributed by atoms with van der Waals surface area (Å²) in [4.78, 5) is 4.71. The van der Waals surface area contributed by atoms with Gasteiger partial charge in [-0.05, 0) is 47.8 Å². The number of piperazine rings is 1. The molecule has 3 aromatic rings. The van der Waals surface area contributed by atoms with Gasteiger partial charge < -0.3 is 18.8 Å². The average molecular weight is 435 g/mol. The number of likely N-dealkylation sites (N-methyl/N-ethyl adjacent to an activating group) is 1. The number of ether oxygens (including phenoxy) is 2. The molecule has 10 heteroatoms. The lowest BCUT2D eigenvalue weighted by Crippen LogP contribution is -2.46. The Morgan fingerprint density at radius 3 is 2.57 bits per heavy atom. The molecule has 0 amide bonds. The van der Waals surface area contributed by atoms with Crippen LogP contribution in [0.4, 0.5) is 0 Å². The zero-order chi connectivity index (χ0) is 20.2. The quantitative estimate of drug-likeness (QED) is 0.559. The molecule has 1 aliphatic heterocycles. The average Bonchev–Trinajstić information content (AvgIpc) is 3.42. The van der Waals surface area contributed by atoms with E-state index in [-0.39, 0.29) is 18.4 Å². The third kappa shape index (κ3) is 4.58. The largest absolute Gasteiger partial charge is 0.497 e. The minimum Gasteiger partial charge on any atom is -0.497 e. The smallest absolute Gasteiger partial charge is 0.173 e. The van der Waals surface area contributed by atoms with Crippen molar-refractivity contribution >= 4 is 12.4 Å². The first-order valence-corrected chi connectivity index (χ1v) is 9.62. The fraction of sp³-hybridized carbons (Fsp3) is 0.450. The number of nitrogens with zero attached hydrogens (tertiary/aromatic N) is 6. The van der Waals surface area contributed by atoms with Crippen LogP contribution in [0.15, 0.2) is 41.0 Å². The van der Waals surface area contributed by atoms with Gasteiger partial charge in [-0.2, -0.15) is 0 Å². The summed E-state index contributed by atoms with van der Waals surface area (Å²) in [5.74, 6) is 3.10. The van der Waals surface area contributed by atoms with Crippen LogP contribution in [0.1, 0.15) is 23.2 Å². The van der Waals surface area contributed by atoms with E-state index in [1.54, 1.807) is 25.2 Å². The number of furan rings is 1. The van der Waals surface area contributed by atoms with Crippen molar-refractivity contribution in [3.05, 3.63) is 53.7 Å². The summed E-state index contributed by atoms with van der Waals surface area (Å²) in [5.41, 5.74) is 0.979. The third-order valence-corrected chi connectivity index (χ3v) is 5.32. The molecule has 2 aromatic heterocycles. The van der Waals surface area contributed by atoms with Crippen LogP contribution in [0, 0.1) is 0 Å². The predicted octanol–water partition coefficient (Wildman–Crippen LogP) is 2.09. The van der Waals surface area contributed by atoms with Crippen LogP contribution < -0.4 is 9.47 Å². The number of aromatic nitrogens is 4. The SMILES string of the molecule is COc1ccc(OC)c(C(c2nnnn2Cc2ccco2)N2CCN(C)CC2)c1.Cl. The number of benzene rings is 1. The van der Waals surface area contributed by atoms with Gasteiger partial charge in [0.25, 0.3) is 0 Å². The highest BCUT2D eigenvalue weighted by molar-refractivity contribution is 5.85. The van der Waals surface area contributed by atoms with E-state index in [9.17, 15) is 0 Å². The molecule has 1 atom stereocenters. The van der Waals surface area contributed by atoms with Gasteiger partial charge >= 0.3 is 0 Å². The van der Waals surface area contributed by atoms with Crippen LogP contribution in [0.5, 0.6) is 11.5 Å². The van der Waals surface area contributed by atoms with Gasteiger partial charge in [0.1, 0.15) is 29.8 Å². The maximum Gasteiger partial charge on any atom is 0.173 e. The second-order valence-electron chi connectivity index (χ2n) is 7.12. The zero-order valence-corrected chi connectivity index (χ0v) is 18.2. The van der Waals surface area contributed by atoms with E-state index >= 15 is 0 Å². The molecule has 0 bridgehead atoms. The van der Waals surface area contributed by atoms with E-state index in [1.807, 2.05) is 30.3 Å². The second kappa shape index (κ2) is 9.92. The first-order chi connectivity index (χ1) is 14.2. The lowest BCUT2D eigenvalue weighted by Gasteiger charge is -2.37. The number of methoxy groups -OCH3 is 2. The first kappa shape index (κ1) is 22.1. The van der Waals surface area contributed by atoms with E-state index in [1.165, 1.54) is 0 Å². The van der Waals surface area contributed by atoms with Crippen LogP contribution in [0.25, 0.3) is 0 Å². The molecule has 3 heterocycles. The topological polar surface area (TPSA) is 81.7 Å². The van der Waals surface area contributed by atoms with Crippen molar-refractivity contribution < 1.29 is 13.9 Å². The maximum absolute atomic E-state index is 5.69. The molecule has 4 rings (SSSR count). The molecule has 0 aliphatic carbocycles. The standard InChI is InChI=1S/C20H26N6O3.ClH/c1-24-8-10-25(11-9-24)19(17-13-15(27-2)6-7-18(17)28-3)20-21-22-23-26(20)14-16-5-4-12-29-16;/h4-7,12-13,19H,8-11,14H2,1-3H3;1H. The predicted molar refractivity (Wildman–Crippen MR) is 113 cm³/mol. The Labute approximate surface area is 182 Å². The maximum atomic E-state index is 5.69. The minimum atomic E-state index is -0.168. The van der Waals surface area contributed by atoms with Crippen molar-refractivity contribution in [1.29, 1.82) is 0 Å². The summed E-state index contributed by atoms with van der Waals surface area (Å²) in [5, 5.41) is 12.6. The third-order valence-electron chi connectivity index (χ3n) is 5.32. The molecule has 1 unspecified atom stereocenters. The Morgan fingerprint density at radius 1 is 1.10 bits per heavy atom. The fourth-order valence-corrected chi connectivity index (χ4v) is 3.70. The minimum absolute atomic E-state index is 0. The van der Waals surface area contributed by atoms with Gasteiger partial charge in [-0.1, -0.05) is 0 Å². The molecular weight excluding hydrogens is 408 g/mol.